The van der Waals surface area contributed by atoms with E-state index < -0.39 is 0 Å². The molecule has 1 unspecified atom stereocenters. The number of ether oxygens (including phenoxy) is 1. The maximum absolute atomic E-state index is 5.86. The molecule has 1 saturated heterocycles. The van der Waals surface area contributed by atoms with Crippen LogP contribution in [0.1, 0.15) is 6.42 Å². The number of nitrogens with zero attached hydrogens (tertiary/aromatic N) is 1. The van der Waals surface area contributed by atoms with Crippen molar-refractivity contribution in [3.05, 3.63) is 18.2 Å². The zero-order chi connectivity index (χ0) is 11.5. The fraction of sp³-hybridized carbons (Fsp3) is 0.500. The highest BCUT2D eigenvalue weighted by atomic mass is 32.2. The van der Waals surface area contributed by atoms with Gasteiger partial charge in [0.1, 0.15) is 5.75 Å². The highest BCUT2D eigenvalue weighted by Crippen LogP contribution is 2.30. The Balaban J connectivity index is 2.21. The van der Waals surface area contributed by atoms with E-state index in [2.05, 4.69) is 11.9 Å². The summed E-state index contributed by atoms with van der Waals surface area (Å²) >= 11 is 2.02. The molecule has 1 heterocycles. The molecule has 4 heteroatoms. The second-order valence-corrected chi connectivity index (χ2v) is 5.24. The van der Waals surface area contributed by atoms with Gasteiger partial charge in [-0.1, -0.05) is 0 Å². The van der Waals surface area contributed by atoms with E-state index in [0.29, 0.717) is 6.04 Å². The first-order chi connectivity index (χ1) is 7.70. The highest BCUT2D eigenvalue weighted by Gasteiger charge is 2.20. The molecule has 16 heavy (non-hydrogen) atoms. The van der Waals surface area contributed by atoms with Gasteiger partial charge >= 0.3 is 0 Å². The molecule has 1 fully saturated rings. The van der Waals surface area contributed by atoms with Gasteiger partial charge in [-0.3, -0.25) is 0 Å². The summed E-state index contributed by atoms with van der Waals surface area (Å²) in [5.74, 6) is 3.29. The second kappa shape index (κ2) is 4.87. The minimum atomic E-state index is 0.622. The predicted molar refractivity (Wildman–Crippen MR) is 71.5 cm³/mol. The number of rotatable bonds is 3. The molecule has 0 radical (unpaired) electrons. The molecule has 0 saturated carbocycles. The van der Waals surface area contributed by atoms with Crippen LogP contribution in [-0.4, -0.2) is 31.7 Å². The molecule has 1 aromatic rings. The number of nitrogen functional groups attached to an aromatic ring is 1. The van der Waals surface area contributed by atoms with E-state index in [1.165, 1.54) is 17.9 Å². The molecule has 0 spiro atoms. The van der Waals surface area contributed by atoms with E-state index >= 15 is 0 Å². The van der Waals surface area contributed by atoms with Crippen molar-refractivity contribution in [1.82, 2.24) is 0 Å². The van der Waals surface area contributed by atoms with Crippen molar-refractivity contribution in [3.63, 3.8) is 0 Å². The summed E-state index contributed by atoms with van der Waals surface area (Å²) in [5, 5.41) is 0. The Morgan fingerprint density at radius 3 is 2.88 bits per heavy atom. The van der Waals surface area contributed by atoms with Crippen molar-refractivity contribution < 1.29 is 4.74 Å². The van der Waals surface area contributed by atoms with Crippen LogP contribution >= 0.6 is 11.8 Å². The summed E-state index contributed by atoms with van der Waals surface area (Å²) in [7, 11) is 3.80. The largest absolute Gasteiger partial charge is 0.497 e. The van der Waals surface area contributed by atoms with Gasteiger partial charge in [0.15, 0.2) is 0 Å². The van der Waals surface area contributed by atoms with Crippen LogP contribution in [0.5, 0.6) is 5.75 Å². The molecule has 1 aliphatic rings. The SMILES string of the molecule is COc1cc(N)cc(N(C)C2CCSC2)c1. The monoisotopic (exact) mass is 238 g/mol. The van der Waals surface area contributed by atoms with Gasteiger partial charge in [-0.15, -0.1) is 0 Å². The maximum Gasteiger partial charge on any atom is 0.122 e. The summed E-state index contributed by atoms with van der Waals surface area (Å²) in [6.45, 7) is 0. The molecule has 3 nitrogen and oxygen atoms in total. The molecule has 1 atom stereocenters. The van der Waals surface area contributed by atoms with Gasteiger partial charge in [0, 0.05) is 42.3 Å². The lowest BCUT2D eigenvalue weighted by Gasteiger charge is -2.26. The Morgan fingerprint density at radius 2 is 2.25 bits per heavy atom. The minimum absolute atomic E-state index is 0.622. The van der Waals surface area contributed by atoms with Gasteiger partial charge in [-0.05, 0) is 18.2 Å². The van der Waals surface area contributed by atoms with Crippen LogP contribution in [-0.2, 0) is 0 Å². The molecule has 1 aromatic carbocycles. The van der Waals surface area contributed by atoms with Gasteiger partial charge < -0.3 is 15.4 Å². The van der Waals surface area contributed by atoms with Crippen LogP contribution < -0.4 is 15.4 Å². The van der Waals surface area contributed by atoms with E-state index in [9.17, 15) is 0 Å². The summed E-state index contributed by atoms with van der Waals surface area (Å²) < 4.78 is 5.24. The lowest BCUT2D eigenvalue weighted by Crippen LogP contribution is -2.31. The van der Waals surface area contributed by atoms with Crippen molar-refractivity contribution >= 4 is 23.1 Å². The number of hydrogen-bond acceptors (Lipinski definition) is 4. The molecule has 1 aliphatic heterocycles. The summed E-state index contributed by atoms with van der Waals surface area (Å²) in [6.07, 6.45) is 1.25. The standard InChI is InChI=1S/C12H18N2OS/c1-14(10-3-4-16-8-10)11-5-9(13)6-12(7-11)15-2/h5-7,10H,3-4,8,13H2,1-2H3. The molecular weight excluding hydrogens is 220 g/mol. The lowest BCUT2D eigenvalue weighted by molar-refractivity contribution is 0.415. The Labute approximate surface area is 101 Å². The van der Waals surface area contributed by atoms with E-state index in [1.807, 2.05) is 30.0 Å². The van der Waals surface area contributed by atoms with Crippen LogP contribution in [0.3, 0.4) is 0 Å². The summed E-state index contributed by atoms with van der Waals surface area (Å²) in [4.78, 5) is 2.30. The van der Waals surface area contributed by atoms with Crippen molar-refractivity contribution in [3.8, 4) is 5.75 Å². The van der Waals surface area contributed by atoms with E-state index in [1.54, 1.807) is 7.11 Å². The van der Waals surface area contributed by atoms with Gasteiger partial charge in [0.25, 0.3) is 0 Å². The van der Waals surface area contributed by atoms with Crippen molar-refractivity contribution in [2.75, 3.05) is 36.3 Å². The fourth-order valence-electron chi connectivity index (χ4n) is 1.97. The quantitative estimate of drug-likeness (QED) is 0.820. The third-order valence-electron chi connectivity index (χ3n) is 3.01. The van der Waals surface area contributed by atoms with E-state index in [4.69, 9.17) is 10.5 Å². The number of benzene rings is 1. The highest BCUT2D eigenvalue weighted by molar-refractivity contribution is 7.99. The first-order valence-corrected chi connectivity index (χ1v) is 6.61. The average molecular weight is 238 g/mol. The zero-order valence-corrected chi connectivity index (χ0v) is 10.6. The molecule has 0 aromatic heterocycles. The third kappa shape index (κ3) is 2.38. The number of hydrogen-bond donors (Lipinski definition) is 1. The van der Waals surface area contributed by atoms with Crippen LogP contribution in [0.2, 0.25) is 0 Å². The van der Waals surface area contributed by atoms with Crippen LogP contribution in [0.15, 0.2) is 18.2 Å². The van der Waals surface area contributed by atoms with Crippen LogP contribution in [0.4, 0.5) is 11.4 Å². The number of nitrogens with two attached hydrogens (primary N) is 1. The second-order valence-electron chi connectivity index (χ2n) is 4.09. The van der Waals surface area contributed by atoms with Crippen LogP contribution in [0, 0.1) is 0 Å². The molecule has 0 bridgehead atoms. The van der Waals surface area contributed by atoms with Gasteiger partial charge in [-0.2, -0.15) is 11.8 Å². The summed E-state index contributed by atoms with van der Waals surface area (Å²) in [5.41, 5.74) is 7.76. The minimum Gasteiger partial charge on any atom is -0.497 e. The topological polar surface area (TPSA) is 38.5 Å². The Hall–Kier alpha value is -1.03. The number of methoxy groups -OCH3 is 1. The Bertz CT molecular complexity index is 364. The number of thioether (sulfide) groups is 1. The third-order valence-corrected chi connectivity index (χ3v) is 4.15. The maximum atomic E-state index is 5.86. The summed E-state index contributed by atoms with van der Waals surface area (Å²) in [6, 6.07) is 6.52. The van der Waals surface area contributed by atoms with Crippen molar-refractivity contribution in [1.29, 1.82) is 0 Å². The molecular formula is C12H18N2OS. The normalized spacial score (nSPS) is 19.8. The van der Waals surface area contributed by atoms with Crippen molar-refractivity contribution in [2.45, 2.75) is 12.5 Å². The smallest absolute Gasteiger partial charge is 0.122 e. The predicted octanol–water partition coefficient (Wildman–Crippen LogP) is 2.22. The Kier molecular flexibility index (Phi) is 3.49. The zero-order valence-electron chi connectivity index (χ0n) is 9.77. The molecule has 2 N–H and O–H groups in total. The lowest BCUT2D eigenvalue weighted by atomic mass is 10.2. The van der Waals surface area contributed by atoms with Crippen LogP contribution in [0.25, 0.3) is 0 Å². The first-order valence-electron chi connectivity index (χ1n) is 5.46. The number of anilines is 2. The molecule has 2 rings (SSSR count). The van der Waals surface area contributed by atoms with Crippen molar-refractivity contribution in [2.24, 2.45) is 0 Å². The van der Waals surface area contributed by atoms with Gasteiger partial charge in [-0.25, -0.2) is 0 Å². The van der Waals surface area contributed by atoms with Gasteiger partial charge in [0.2, 0.25) is 0 Å². The average Bonchev–Trinajstić information content (AvgIpc) is 2.80. The molecule has 0 amide bonds. The fourth-order valence-corrected chi connectivity index (χ4v) is 3.23. The molecule has 0 aliphatic carbocycles. The van der Waals surface area contributed by atoms with E-state index in [0.717, 1.165) is 17.1 Å². The van der Waals surface area contributed by atoms with E-state index in [-0.39, 0.29) is 0 Å². The Morgan fingerprint density at radius 1 is 1.44 bits per heavy atom. The van der Waals surface area contributed by atoms with Gasteiger partial charge in [0.05, 0.1) is 7.11 Å². The first kappa shape index (κ1) is 11.5. The molecule has 88 valence electrons.